The lowest BCUT2D eigenvalue weighted by Gasteiger charge is -2.45. The molecule has 30 heavy (non-hydrogen) atoms. The van der Waals surface area contributed by atoms with Crippen LogP contribution in [0.4, 0.5) is 15.0 Å². The molecule has 0 saturated carbocycles. The summed E-state index contributed by atoms with van der Waals surface area (Å²) >= 11 is 6.27. The highest BCUT2D eigenvalue weighted by atomic mass is 35.5. The lowest BCUT2D eigenvalue weighted by molar-refractivity contribution is 0.0926. The van der Waals surface area contributed by atoms with Gasteiger partial charge in [-0.1, -0.05) is 12.1 Å². The summed E-state index contributed by atoms with van der Waals surface area (Å²) in [6.45, 7) is 5.54. The van der Waals surface area contributed by atoms with Crippen LogP contribution in [0, 0.1) is 11.7 Å². The molecule has 2 aliphatic rings. The molecule has 4 rings (SSSR count). The zero-order chi connectivity index (χ0) is 21.6. The van der Waals surface area contributed by atoms with Crippen molar-refractivity contribution in [2.75, 3.05) is 25.0 Å². The van der Waals surface area contributed by atoms with Crippen molar-refractivity contribution in [1.82, 2.24) is 14.9 Å². The number of rotatable bonds is 5. The Morgan fingerprint density at radius 3 is 2.60 bits per heavy atom. The first-order valence-corrected chi connectivity index (χ1v) is 10.6. The van der Waals surface area contributed by atoms with E-state index < -0.39 is 11.6 Å². The predicted molar refractivity (Wildman–Crippen MR) is 114 cm³/mol. The molecule has 1 aromatic carbocycles. The van der Waals surface area contributed by atoms with Crippen molar-refractivity contribution in [2.45, 2.75) is 44.6 Å². The van der Waals surface area contributed by atoms with Crippen LogP contribution in [0.1, 0.15) is 49.4 Å². The molecule has 1 fully saturated rings. The van der Waals surface area contributed by atoms with Crippen LogP contribution >= 0.6 is 11.6 Å². The Kier molecular flexibility index (Phi) is 5.34. The van der Waals surface area contributed by atoms with Gasteiger partial charge >= 0.3 is 6.09 Å². The molecule has 2 heterocycles. The number of anilines is 1. The second-order valence-electron chi connectivity index (χ2n) is 8.95. The van der Waals surface area contributed by atoms with E-state index in [0.717, 1.165) is 55.0 Å². The van der Waals surface area contributed by atoms with E-state index in [4.69, 9.17) is 11.6 Å². The van der Waals surface area contributed by atoms with Gasteiger partial charge < -0.3 is 14.9 Å². The molecule has 160 valence electrons. The minimum atomic E-state index is -0.914. The van der Waals surface area contributed by atoms with Gasteiger partial charge in [-0.05, 0) is 68.3 Å². The Labute approximate surface area is 180 Å². The van der Waals surface area contributed by atoms with Gasteiger partial charge in [-0.3, -0.25) is 0 Å². The van der Waals surface area contributed by atoms with Crippen LogP contribution < -0.4 is 4.90 Å². The summed E-state index contributed by atoms with van der Waals surface area (Å²) in [6, 6.07) is 6.58. The molecule has 0 bridgehead atoms. The zero-order valence-electron chi connectivity index (χ0n) is 17.4. The molecular weight excluding hydrogens is 407 g/mol. The maximum Gasteiger partial charge on any atom is 0.407 e. The average Bonchev–Trinajstić information content (AvgIpc) is 3.07. The molecule has 1 aromatic heterocycles. The third-order valence-electron chi connectivity index (χ3n) is 6.52. The van der Waals surface area contributed by atoms with Gasteiger partial charge in [-0.25, -0.2) is 19.2 Å². The van der Waals surface area contributed by atoms with Crippen molar-refractivity contribution in [3.8, 4) is 0 Å². The second-order valence-corrected chi connectivity index (χ2v) is 9.29. The second kappa shape index (κ2) is 7.69. The normalized spacial score (nSPS) is 18.8. The monoisotopic (exact) mass is 432 g/mol. The van der Waals surface area contributed by atoms with E-state index in [1.165, 1.54) is 17.0 Å². The van der Waals surface area contributed by atoms with Gasteiger partial charge in [0.2, 0.25) is 5.28 Å². The van der Waals surface area contributed by atoms with Crippen molar-refractivity contribution in [3.05, 3.63) is 52.2 Å². The zero-order valence-corrected chi connectivity index (χ0v) is 18.2. The molecule has 1 N–H and O–H groups in total. The fraction of sp³-hybridized carbons (Fsp3) is 0.500. The molecule has 1 aliphatic heterocycles. The van der Waals surface area contributed by atoms with E-state index in [2.05, 4.69) is 14.9 Å². The van der Waals surface area contributed by atoms with E-state index in [1.54, 1.807) is 7.05 Å². The first kappa shape index (κ1) is 20.8. The molecule has 6 nitrogen and oxygen atoms in total. The summed E-state index contributed by atoms with van der Waals surface area (Å²) in [7, 11) is 1.62. The van der Waals surface area contributed by atoms with Crippen LogP contribution in [0.5, 0.6) is 0 Å². The van der Waals surface area contributed by atoms with Crippen molar-refractivity contribution in [2.24, 2.45) is 5.92 Å². The quantitative estimate of drug-likeness (QED) is 0.701. The third kappa shape index (κ3) is 3.83. The van der Waals surface area contributed by atoms with E-state index in [0.29, 0.717) is 5.92 Å². The molecular formula is C22H26ClFN4O2. The summed E-state index contributed by atoms with van der Waals surface area (Å²) in [5, 5.41) is 9.51. The lowest BCUT2D eigenvalue weighted by atomic mass is 9.84. The smallest absolute Gasteiger partial charge is 0.407 e. The van der Waals surface area contributed by atoms with Gasteiger partial charge in [0.25, 0.3) is 0 Å². The Morgan fingerprint density at radius 2 is 1.97 bits per heavy atom. The number of fused-ring (bicyclic) bond motifs is 1. The molecule has 0 spiro atoms. The molecule has 1 amide bonds. The van der Waals surface area contributed by atoms with E-state index in [1.807, 2.05) is 26.0 Å². The highest BCUT2D eigenvalue weighted by Crippen LogP contribution is 2.43. The van der Waals surface area contributed by atoms with Crippen molar-refractivity contribution < 1.29 is 14.3 Å². The number of halogens is 2. The Hall–Kier alpha value is -2.41. The summed E-state index contributed by atoms with van der Waals surface area (Å²) in [6.07, 6.45) is 1.63. The van der Waals surface area contributed by atoms with E-state index >= 15 is 0 Å². The van der Waals surface area contributed by atoms with Gasteiger partial charge in [0, 0.05) is 37.2 Å². The molecule has 0 radical (unpaired) electrons. The number of carboxylic acid groups (broad SMARTS) is 1. The minimum absolute atomic E-state index is 0.0973. The number of amides is 1. The molecule has 1 aliphatic carbocycles. The average molecular weight is 433 g/mol. The largest absolute Gasteiger partial charge is 0.465 e. The molecule has 1 unspecified atom stereocenters. The number of aromatic nitrogens is 2. The number of carbonyl (C=O) groups is 1. The van der Waals surface area contributed by atoms with Crippen LogP contribution in [0.3, 0.4) is 0 Å². The van der Waals surface area contributed by atoms with E-state index in [9.17, 15) is 14.3 Å². The maximum absolute atomic E-state index is 13.3. The van der Waals surface area contributed by atoms with Gasteiger partial charge in [0.15, 0.2) is 0 Å². The van der Waals surface area contributed by atoms with Crippen molar-refractivity contribution in [3.63, 3.8) is 0 Å². The topological polar surface area (TPSA) is 69.6 Å². The van der Waals surface area contributed by atoms with Crippen LogP contribution in [-0.2, 0) is 6.42 Å². The Morgan fingerprint density at radius 1 is 1.30 bits per heavy atom. The molecule has 2 aromatic rings. The van der Waals surface area contributed by atoms with Gasteiger partial charge in [0.1, 0.15) is 11.6 Å². The Balaban J connectivity index is 1.50. The van der Waals surface area contributed by atoms with Gasteiger partial charge in [-0.2, -0.15) is 0 Å². The summed E-state index contributed by atoms with van der Waals surface area (Å²) < 4.78 is 13.3. The van der Waals surface area contributed by atoms with Gasteiger partial charge in [0.05, 0.1) is 5.69 Å². The molecule has 8 heteroatoms. The fourth-order valence-corrected chi connectivity index (χ4v) is 4.84. The highest BCUT2D eigenvalue weighted by Gasteiger charge is 2.39. The van der Waals surface area contributed by atoms with Crippen molar-refractivity contribution in [1.29, 1.82) is 0 Å². The highest BCUT2D eigenvalue weighted by molar-refractivity contribution is 6.28. The van der Waals surface area contributed by atoms with Crippen LogP contribution in [0.2, 0.25) is 5.28 Å². The predicted octanol–water partition coefficient (Wildman–Crippen LogP) is 4.56. The number of nitrogens with zero attached hydrogens (tertiary/aromatic N) is 4. The number of hydrogen-bond donors (Lipinski definition) is 1. The lowest BCUT2D eigenvalue weighted by Crippen LogP contribution is -2.53. The van der Waals surface area contributed by atoms with E-state index in [-0.39, 0.29) is 17.0 Å². The number of hydrogen-bond acceptors (Lipinski definition) is 4. The van der Waals surface area contributed by atoms with Gasteiger partial charge in [-0.15, -0.1) is 0 Å². The van der Waals surface area contributed by atoms with Crippen LogP contribution in [0.15, 0.2) is 24.3 Å². The van der Waals surface area contributed by atoms with Crippen LogP contribution in [0.25, 0.3) is 0 Å². The van der Waals surface area contributed by atoms with Crippen molar-refractivity contribution >= 4 is 23.5 Å². The standard InChI is InChI=1S/C22H26ClFN4O2/c1-22(2,27(3)21(29)30)10-13-11-28(12-13)19-17-9-8-16(18(17)25-20(23)26-19)14-4-6-15(24)7-5-14/h4-7,13,16H,8-12H2,1-3H3,(H,29,30). The number of benzene rings is 1. The van der Waals surface area contributed by atoms with Crippen LogP contribution in [-0.4, -0.2) is 51.7 Å². The minimum Gasteiger partial charge on any atom is -0.465 e. The summed E-state index contributed by atoms with van der Waals surface area (Å²) in [5.74, 6) is 1.12. The maximum atomic E-state index is 13.3. The summed E-state index contributed by atoms with van der Waals surface area (Å²) in [4.78, 5) is 23.9. The first-order valence-electron chi connectivity index (χ1n) is 10.2. The molecule has 1 saturated heterocycles. The summed E-state index contributed by atoms with van der Waals surface area (Å²) in [5.41, 5.74) is 2.66. The molecule has 1 atom stereocenters. The third-order valence-corrected chi connectivity index (χ3v) is 6.68. The Bertz CT molecular complexity index is 960. The fourth-order valence-electron chi connectivity index (χ4n) is 4.67. The first-order chi connectivity index (χ1) is 14.2. The SMILES string of the molecule is CN(C(=O)O)C(C)(C)CC1CN(c2nc(Cl)nc3c2CCC3c2ccc(F)cc2)C1.